The Bertz CT molecular complexity index is 536. The highest BCUT2D eigenvalue weighted by Crippen LogP contribution is 2.46. The molecular weight excluding hydrogens is 280 g/mol. The third-order valence-corrected chi connectivity index (χ3v) is 6.26. The standard InChI is InChI=1S/C21H30N2/c1-2-12-22-14-20-15-23(13-19-8-9-19)17-21(20,16-22)11-10-18-6-4-3-5-7-18/h2-7,19-20H,1,8-17H2. The van der Waals surface area contributed by atoms with Crippen LogP contribution in [-0.2, 0) is 6.42 Å². The van der Waals surface area contributed by atoms with Crippen molar-refractivity contribution >= 4 is 0 Å². The molecule has 0 amide bonds. The maximum absolute atomic E-state index is 3.94. The van der Waals surface area contributed by atoms with Crippen LogP contribution in [-0.4, -0.2) is 49.1 Å². The van der Waals surface area contributed by atoms with E-state index in [0.29, 0.717) is 5.41 Å². The van der Waals surface area contributed by atoms with Crippen LogP contribution in [0.15, 0.2) is 43.0 Å². The Hall–Kier alpha value is -1.12. The van der Waals surface area contributed by atoms with Gasteiger partial charge in [-0.05, 0) is 43.1 Å². The van der Waals surface area contributed by atoms with E-state index < -0.39 is 0 Å². The molecule has 1 saturated carbocycles. The average Bonchev–Trinajstić information content (AvgIpc) is 3.21. The fourth-order valence-electron chi connectivity index (χ4n) is 4.92. The number of benzene rings is 1. The maximum atomic E-state index is 3.94. The second kappa shape index (κ2) is 6.41. The fraction of sp³-hybridized carbons (Fsp3) is 0.619. The average molecular weight is 310 g/mol. The predicted octanol–water partition coefficient (Wildman–Crippen LogP) is 3.45. The molecule has 4 rings (SSSR count). The molecule has 2 nitrogen and oxygen atoms in total. The zero-order chi connectivity index (χ0) is 15.7. The first kappa shape index (κ1) is 15.4. The Labute approximate surface area is 141 Å². The van der Waals surface area contributed by atoms with Gasteiger partial charge < -0.3 is 4.90 Å². The van der Waals surface area contributed by atoms with Crippen molar-refractivity contribution in [3.8, 4) is 0 Å². The van der Waals surface area contributed by atoms with E-state index in [9.17, 15) is 0 Å². The summed E-state index contributed by atoms with van der Waals surface area (Å²) in [6.07, 6.45) is 7.60. The van der Waals surface area contributed by atoms with Gasteiger partial charge in [-0.3, -0.25) is 4.90 Å². The Morgan fingerprint density at radius 3 is 2.57 bits per heavy atom. The molecule has 1 aromatic carbocycles. The third kappa shape index (κ3) is 3.39. The van der Waals surface area contributed by atoms with Crippen LogP contribution in [0.5, 0.6) is 0 Å². The lowest BCUT2D eigenvalue weighted by atomic mass is 9.76. The molecule has 0 N–H and O–H groups in total. The van der Waals surface area contributed by atoms with Gasteiger partial charge in [-0.15, -0.1) is 6.58 Å². The quantitative estimate of drug-likeness (QED) is 0.712. The van der Waals surface area contributed by atoms with Gasteiger partial charge in [-0.2, -0.15) is 0 Å². The molecule has 0 bridgehead atoms. The second-order valence-electron chi connectivity index (χ2n) is 8.17. The molecule has 3 aliphatic rings. The minimum Gasteiger partial charge on any atom is -0.302 e. The molecule has 2 heterocycles. The first-order chi connectivity index (χ1) is 11.3. The lowest BCUT2D eigenvalue weighted by Gasteiger charge is -2.30. The Balaban J connectivity index is 1.44. The molecule has 0 aromatic heterocycles. The van der Waals surface area contributed by atoms with Gasteiger partial charge in [0.25, 0.3) is 0 Å². The summed E-state index contributed by atoms with van der Waals surface area (Å²) in [6, 6.07) is 11.1. The summed E-state index contributed by atoms with van der Waals surface area (Å²) in [5.41, 5.74) is 2.02. The largest absolute Gasteiger partial charge is 0.302 e. The van der Waals surface area contributed by atoms with Crippen LogP contribution in [0.4, 0.5) is 0 Å². The highest BCUT2D eigenvalue weighted by Gasteiger charge is 2.51. The number of rotatable bonds is 7. The fourth-order valence-corrected chi connectivity index (χ4v) is 4.92. The van der Waals surface area contributed by atoms with Crippen LogP contribution < -0.4 is 0 Å². The van der Waals surface area contributed by atoms with Crippen molar-refractivity contribution in [1.29, 1.82) is 0 Å². The van der Waals surface area contributed by atoms with Crippen molar-refractivity contribution in [3.05, 3.63) is 48.6 Å². The zero-order valence-electron chi connectivity index (χ0n) is 14.3. The molecular formula is C21H30N2. The summed E-state index contributed by atoms with van der Waals surface area (Å²) in [6.45, 7) is 11.6. The lowest BCUT2D eigenvalue weighted by molar-refractivity contribution is 0.205. The normalized spacial score (nSPS) is 31.4. The summed E-state index contributed by atoms with van der Waals surface area (Å²) in [7, 11) is 0. The van der Waals surface area contributed by atoms with E-state index in [0.717, 1.165) is 18.4 Å². The van der Waals surface area contributed by atoms with E-state index in [1.54, 1.807) is 0 Å². The summed E-state index contributed by atoms with van der Waals surface area (Å²) >= 11 is 0. The smallest absolute Gasteiger partial charge is 0.0160 e. The minimum absolute atomic E-state index is 0.522. The molecule has 1 aromatic rings. The van der Waals surface area contributed by atoms with E-state index in [1.807, 2.05) is 0 Å². The van der Waals surface area contributed by atoms with Gasteiger partial charge in [0.15, 0.2) is 0 Å². The third-order valence-electron chi connectivity index (χ3n) is 6.26. The molecule has 0 radical (unpaired) electrons. The molecule has 2 unspecified atom stereocenters. The molecule has 3 fully saturated rings. The zero-order valence-corrected chi connectivity index (χ0v) is 14.3. The molecule has 2 atom stereocenters. The highest BCUT2D eigenvalue weighted by molar-refractivity contribution is 5.16. The van der Waals surface area contributed by atoms with Gasteiger partial charge in [0.2, 0.25) is 0 Å². The van der Waals surface area contributed by atoms with Gasteiger partial charge in [0.1, 0.15) is 0 Å². The first-order valence-electron chi connectivity index (χ1n) is 9.37. The van der Waals surface area contributed by atoms with E-state index in [-0.39, 0.29) is 0 Å². The number of nitrogens with zero attached hydrogens (tertiary/aromatic N) is 2. The Kier molecular flexibility index (Phi) is 4.29. The molecule has 124 valence electrons. The first-order valence-corrected chi connectivity index (χ1v) is 9.37. The van der Waals surface area contributed by atoms with Gasteiger partial charge in [0.05, 0.1) is 0 Å². The van der Waals surface area contributed by atoms with Gasteiger partial charge in [-0.25, -0.2) is 0 Å². The van der Waals surface area contributed by atoms with Crippen molar-refractivity contribution in [2.75, 3.05) is 39.3 Å². The van der Waals surface area contributed by atoms with Crippen LogP contribution in [0, 0.1) is 17.3 Å². The molecule has 0 spiro atoms. The van der Waals surface area contributed by atoms with Crippen molar-refractivity contribution in [3.63, 3.8) is 0 Å². The topological polar surface area (TPSA) is 6.48 Å². The number of hydrogen-bond donors (Lipinski definition) is 0. The second-order valence-corrected chi connectivity index (χ2v) is 8.17. The Morgan fingerprint density at radius 2 is 1.83 bits per heavy atom. The molecule has 23 heavy (non-hydrogen) atoms. The van der Waals surface area contributed by atoms with E-state index in [2.05, 4.69) is 52.8 Å². The molecule has 2 saturated heterocycles. The van der Waals surface area contributed by atoms with Crippen molar-refractivity contribution in [2.45, 2.75) is 25.7 Å². The monoisotopic (exact) mass is 310 g/mol. The maximum Gasteiger partial charge on any atom is 0.0160 e. The van der Waals surface area contributed by atoms with Crippen molar-refractivity contribution in [1.82, 2.24) is 9.80 Å². The van der Waals surface area contributed by atoms with E-state index in [4.69, 9.17) is 0 Å². The van der Waals surface area contributed by atoms with Gasteiger partial charge in [0, 0.05) is 44.7 Å². The number of likely N-dealkylation sites (tertiary alicyclic amines) is 2. The lowest BCUT2D eigenvalue weighted by Crippen LogP contribution is -2.35. The number of fused-ring (bicyclic) bond motifs is 1. The molecule has 2 heteroatoms. The predicted molar refractivity (Wildman–Crippen MR) is 96.5 cm³/mol. The van der Waals surface area contributed by atoms with Crippen LogP contribution in [0.2, 0.25) is 0 Å². The van der Waals surface area contributed by atoms with Gasteiger partial charge in [-0.1, -0.05) is 36.4 Å². The van der Waals surface area contributed by atoms with E-state index >= 15 is 0 Å². The van der Waals surface area contributed by atoms with Gasteiger partial charge >= 0.3 is 0 Å². The van der Waals surface area contributed by atoms with Crippen molar-refractivity contribution < 1.29 is 0 Å². The van der Waals surface area contributed by atoms with Crippen LogP contribution >= 0.6 is 0 Å². The highest BCUT2D eigenvalue weighted by atomic mass is 15.3. The molecule has 2 aliphatic heterocycles. The summed E-state index contributed by atoms with van der Waals surface area (Å²) in [5, 5.41) is 0. The minimum atomic E-state index is 0.522. The number of hydrogen-bond acceptors (Lipinski definition) is 2. The van der Waals surface area contributed by atoms with Crippen molar-refractivity contribution in [2.24, 2.45) is 17.3 Å². The van der Waals surface area contributed by atoms with Crippen LogP contribution in [0.3, 0.4) is 0 Å². The van der Waals surface area contributed by atoms with Crippen LogP contribution in [0.1, 0.15) is 24.8 Å². The van der Waals surface area contributed by atoms with Crippen LogP contribution in [0.25, 0.3) is 0 Å². The SMILES string of the molecule is C=CCN1CC2CN(CC3CC3)CC2(CCc2ccccc2)C1. The summed E-state index contributed by atoms with van der Waals surface area (Å²) in [4.78, 5) is 5.43. The summed E-state index contributed by atoms with van der Waals surface area (Å²) < 4.78 is 0. The summed E-state index contributed by atoms with van der Waals surface area (Å²) in [5.74, 6) is 1.88. The Morgan fingerprint density at radius 1 is 1.09 bits per heavy atom. The van der Waals surface area contributed by atoms with E-state index in [1.165, 1.54) is 64.0 Å². The molecule has 1 aliphatic carbocycles. The number of aryl methyl sites for hydroxylation is 1.